The molecule has 1 fully saturated rings. The van der Waals surface area contributed by atoms with Crippen molar-refractivity contribution in [2.24, 2.45) is 5.92 Å². The topological polar surface area (TPSA) is 44.9 Å². The highest BCUT2D eigenvalue weighted by atomic mass is 16.1. The summed E-state index contributed by atoms with van der Waals surface area (Å²) < 4.78 is 0. The molecule has 3 heteroatoms. The molecule has 2 N–H and O–H groups in total. The second-order valence-corrected chi connectivity index (χ2v) is 4.31. The van der Waals surface area contributed by atoms with Crippen LogP contribution in [0.15, 0.2) is 18.3 Å². The van der Waals surface area contributed by atoms with Gasteiger partial charge in [-0.3, -0.25) is 4.79 Å². The maximum atomic E-state index is 11.0. The third-order valence-electron chi connectivity index (χ3n) is 3.07. The Balaban J connectivity index is 1.64. The average Bonchev–Trinajstić information content (AvgIpc) is 2.74. The maximum absolute atomic E-state index is 11.0. The van der Waals surface area contributed by atoms with Gasteiger partial charge in [0.25, 0.3) is 0 Å². The van der Waals surface area contributed by atoms with Crippen LogP contribution in [-0.2, 0) is 11.3 Å². The molecule has 0 saturated heterocycles. The molecule has 1 saturated carbocycles. The largest absolute Gasteiger partial charge is 0.364 e. The van der Waals surface area contributed by atoms with Crippen molar-refractivity contribution in [1.29, 1.82) is 0 Å². The molecule has 1 aliphatic rings. The van der Waals surface area contributed by atoms with E-state index in [4.69, 9.17) is 0 Å². The van der Waals surface area contributed by atoms with Crippen LogP contribution in [0.2, 0.25) is 0 Å². The Labute approximate surface area is 90.3 Å². The van der Waals surface area contributed by atoms with Crippen LogP contribution in [0, 0.1) is 5.92 Å². The van der Waals surface area contributed by atoms with Crippen LogP contribution in [0.1, 0.15) is 31.4 Å². The minimum Gasteiger partial charge on any atom is -0.364 e. The van der Waals surface area contributed by atoms with Crippen molar-refractivity contribution >= 4 is 5.78 Å². The third kappa shape index (κ3) is 3.20. The van der Waals surface area contributed by atoms with E-state index < -0.39 is 0 Å². The minimum atomic E-state index is 0.440. The molecule has 1 aromatic heterocycles. The van der Waals surface area contributed by atoms with Gasteiger partial charge in [0.1, 0.15) is 5.78 Å². The van der Waals surface area contributed by atoms with Crippen LogP contribution in [0.5, 0.6) is 0 Å². The van der Waals surface area contributed by atoms with Crippen LogP contribution in [-0.4, -0.2) is 17.3 Å². The van der Waals surface area contributed by atoms with E-state index in [1.54, 1.807) is 0 Å². The van der Waals surface area contributed by atoms with Crippen LogP contribution in [0.25, 0.3) is 0 Å². The number of hydrogen-bond acceptors (Lipinski definition) is 2. The van der Waals surface area contributed by atoms with E-state index >= 15 is 0 Å². The van der Waals surface area contributed by atoms with Crippen molar-refractivity contribution in [3.05, 3.63) is 24.0 Å². The number of Topliss-reactive ketones (excluding diaryl/α,β-unsaturated/α-hetero) is 1. The lowest BCUT2D eigenvalue weighted by Gasteiger charge is -2.20. The van der Waals surface area contributed by atoms with E-state index in [1.807, 2.05) is 12.3 Å². The quantitative estimate of drug-likeness (QED) is 0.789. The van der Waals surface area contributed by atoms with Gasteiger partial charge >= 0.3 is 0 Å². The minimum absolute atomic E-state index is 0.440. The average molecular weight is 206 g/mol. The lowest BCUT2D eigenvalue weighted by Crippen LogP contribution is -2.26. The van der Waals surface area contributed by atoms with Crippen LogP contribution in [0.3, 0.4) is 0 Å². The van der Waals surface area contributed by atoms with Gasteiger partial charge in [0.05, 0.1) is 0 Å². The van der Waals surface area contributed by atoms with E-state index in [1.165, 1.54) is 5.69 Å². The zero-order valence-corrected chi connectivity index (χ0v) is 8.96. The summed E-state index contributed by atoms with van der Waals surface area (Å²) >= 11 is 0. The Bertz CT molecular complexity index is 295. The molecule has 0 amide bonds. The van der Waals surface area contributed by atoms with Crippen molar-refractivity contribution in [3.63, 3.8) is 0 Å². The zero-order chi connectivity index (χ0) is 10.5. The van der Waals surface area contributed by atoms with Crippen molar-refractivity contribution in [2.75, 3.05) is 6.54 Å². The summed E-state index contributed by atoms with van der Waals surface area (Å²) in [5.74, 6) is 1.13. The Hall–Kier alpha value is -1.09. The van der Waals surface area contributed by atoms with Gasteiger partial charge < -0.3 is 10.3 Å². The number of carbonyl (C=O) groups excluding carboxylic acids is 1. The first kappa shape index (κ1) is 10.4. The monoisotopic (exact) mass is 206 g/mol. The van der Waals surface area contributed by atoms with E-state index in [9.17, 15) is 4.79 Å². The fraction of sp³-hybridized carbons (Fsp3) is 0.583. The number of aromatic amines is 1. The van der Waals surface area contributed by atoms with Crippen molar-refractivity contribution in [2.45, 2.75) is 32.2 Å². The summed E-state index contributed by atoms with van der Waals surface area (Å²) in [6, 6.07) is 4.09. The molecular formula is C12H18N2O. The number of aromatic nitrogens is 1. The summed E-state index contributed by atoms with van der Waals surface area (Å²) in [6.45, 7) is 1.93. The Morgan fingerprint density at radius 3 is 2.87 bits per heavy atom. The molecule has 0 aromatic carbocycles. The molecular weight excluding hydrogens is 188 g/mol. The molecule has 0 aliphatic heterocycles. The maximum Gasteiger partial charge on any atom is 0.132 e. The summed E-state index contributed by atoms with van der Waals surface area (Å²) in [5.41, 5.74) is 1.22. The number of hydrogen-bond donors (Lipinski definition) is 2. The second kappa shape index (κ2) is 5.12. The summed E-state index contributed by atoms with van der Waals surface area (Å²) in [4.78, 5) is 14.2. The van der Waals surface area contributed by atoms with Crippen LogP contribution in [0.4, 0.5) is 0 Å². The summed E-state index contributed by atoms with van der Waals surface area (Å²) in [7, 11) is 0. The number of rotatable bonds is 4. The Morgan fingerprint density at radius 2 is 2.20 bits per heavy atom. The molecule has 3 nitrogen and oxygen atoms in total. The summed E-state index contributed by atoms with van der Waals surface area (Å²) in [5, 5.41) is 3.43. The van der Waals surface area contributed by atoms with Gasteiger partial charge in [0.15, 0.2) is 0 Å². The fourth-order valence-corrected chi connectivity index (χ4v) is 2.09. The van der Waals surface area contributed by atoms with Crippen LogP contribution < -0.4 is 5.32 Å². The van der Waals surface area contributed by atoms with E-state index in [0.29, 0.717) is 11.7 Å². The van der Waals surface area contributed by atoms with E-state index in [2.05, 4.69) is 16.4 Å². The van der Waals surface area contributed by atoms with Crippen LogP contribution >= 0.6 is 0 Å². The molecule has 0 radical (unpaired) electrons. The Morgan fingerprint density at radius 1 is 1.40 bits per heavy atom. The number of carbonyl (C=O) groups is 1. The zero-order valence-electron chi connectivity index (χ0n) is 8.96. The van der Waals surface area contributed by atoms with Gasteiger partial charge in [-0.15, -0.1) is 0 Å². The first-order chi connectivity index (χ1) is 7.34. The molecule has 0 atom stereocenters. The second-order valence-electron chi connectivity index (χ2n) is 4.31. The smallest absolute Gasteiger partial charge is 0.132 e. The number of H-pyrrole nitrogens is 1. The Kier molecular flexibility index (Phi) is 3.56. The molecule has 0 unspecified atom stereocenters. The molecule has 15 heavy (non-hydrogen) atoms. The standard InChI is InChI=1S/C12H18N2O/c15-12-5-3-10(4-6-12)8-13-9-11-2-1-7-14-11/h1-2,7,10,13-14H,3-6,8-9H2. The predicted molar refractivity (Wildman–Crippen MR) is 59.5 cm³/mol. The molecule has 1 aliphatic carbocycles. The lowest BCUT2D eigenvalue weighted by atomic mass is 9.88. The first-order valence-corrected chi connectivity index (χ1v) is 5.69. The van der Waals surface area contributed by atoms with Crippen molar-refractivity contribution in [1.82, 2.24) is 10.3 Å². The van der Waals surface area contributed by atoms with Gasteiger partial charge in [0, 0.05) is 31.3 Å². The predicted octanol–water partition coefficient (Wildman–Crippen LogP) is 1.86. The highest BCUT2D eigenvalue weighted by Crippen LogP contribution is 2.20. The first-order valence-electron chi connectivity index (χ1n) is 5.69. The summed E-state index contributed by atoms with van der Waals surface area (Å²) in [6.07, 6.45) is 5.65. The highest BCUT2D eigenvalue weighted by molar-refractivity contribution is 5.79. The van der Waals surface area contributed by atoms with Gasteiger partial charge in [-0.2, -0.15) is 0 Å². The van der Waals surface area contributed by atoms with Crippen molar-refractivity contribution in [3.8, 4) is 0 Å². The molecule has 0 bridgehead atoms. The molecule has 82 valence electrons. The highest BCUT2D eigenvalue weighted by Gasteiger charge is 2.17. The van der Waals surface area contributed by atoms with Gasteiger partial charge in [-0.05, 0) is 37.4 Å². The lowest BCUT2D eigenvalue weighted by molar-refractivity contribution is -0.120. The number of nitrogens with one attached hydrogen (secondary N) is 2. The fourth-order valence-electron chi connectivity index (χ4n) is 2.09. The van der Waals surface area contributed by atoms with E-state index in [0.717, 1.165) is 38.8 Å². The van der Waals surface area contributed by atoms with E-state index in [-0.39, 0.29) is 0 Å². The van der Waals surface area contributed by atoms with Crippen molar-refractivity contribution < 1.29 is 4.79 Å². The van der Waals surface area contributed by atoms with Gasteiger partial charge in [-0.1, -0.05) is 0 Å². The van der Waals surface area contributed by atoms with Gasteiger partial charge in [0.2, 0.25) is 0 Å². The SMILES string of the molecule is O=C1CCC(CNCc2ccc[nH]2)CC1. The number of ketones is 1. The normalized spacial score (nSPS) is 18.3. The molecule has 0 spiro atoms. The molecule has 2 rings (SSSR count). The molecule has 1 heterocycles. The third-order valence-corrected chi connectivity index (χ3v) is 3.07. The molecule has 1 aromatic rings. The van der Waals surface area contributed by atoms with Gasteiger partial charge in [-0.25, -0.2) is 0 Å².